The Morgan fingerprint density at radius 2 is 2.15 bits per heavy atom. The number of amides is 2. The third-order valence-electron chi connectivity index (χ3n) is 7.70. The minimum Gasteiger partial charge on any atom is -0.436 e. The summed E-state index contributed by atoms with van der Waals surface area (Å²) >= 11 is 6.04. The summed E-state index contributed by atoms with van der Waals surface area (Å²) in [4.78, 5) is 33.9. The topological polar surface area (TPSA) is 113 Å². The van der Waals surface area contributed by atoms with Gasteiger partial charge in [0.15, 0.2) is 17.2 Å². The van der Waals surface area contributed by atoms with E-state index < -0.39 is 17.5 Å². The molecule has 3 aliphatic rings. The zero-order valence-electron chi connectivity index (χ0n) is 21.3. The van der Waals surface area contributed by atoms with Crippen LogP contribution in [0.5, 0.6) is 0 Å². The summed E-state index contributed by atoms with van der Waals surface area (Å²) in [5.41, 5.74) is 1.56. The number of carbonyl (C=O) groups is 2. The number of halogens is 2. The second-order valence-corrected chi connectivity index (χ2v) is 10.6. The second kappa shape index (κ2) is 10.0. The van der Waals surface area contributed by atoms with Gasteiger partial charge in [-0.05, 0) is 56.3 Å². The molecule has 1 unspecified atom stereocenters. The Bertz CT molecular complexity index is 1440. The Hall–Kier alpha value is -3.83. The summed E-state index contributed by atoms with van der Waals surface area (Å²) in [5.74, 6) is -0.520. The molecule has 2 amide bonds. The van der Waals surface area contributed by atoms with E-state index in [0.717, 1.165) is 24.2 Å². The van der Waals surface area contributed by atoms with Gasteiger partial charge in [0, 0.05) is 25.7 Å². The van der Waals surface area contributed by atoms with Gasteiger partial charge >= 0.3 is 6.09 Å². The summed E-state index contributed by atoms with van der Waals surface area (Å²) in [7, 11) is 2.11. The predicted molar refractivity (Wildman–Crippen MR) is 142 cm³/mol. The maximum Gasteiger partial charge on any atom is 0.412 e. The molecule has 0 aliphatic carbocycles. The van der Waals surface area contributed by atoms with Crippen LogP contribution in [0.4, 0.5) is 20.7 Å². The third kappa shape index (κ3) is 4.76. The smallest absolute Gasteiger partial charge is 0.412 e. The van der Waals surface area contributed by atoms with E-state index in [2.05, 4.69) is 37.8 Å². The number of hydrogen-bond acceptors (Lipinski definition) is 8. The molecule has 2 N–H and O–H groups in total. The fraction of sp³-hybridized carbons (Fsp3) is 0.370. The SMILES string of the molecule is CN1CCCC1c1ccc(CNC(=O)c2cnnc(N3CC[C@]4(C3)OC(=O)Nc3ccc(Cl)c(F)c34)c2)cn1. The Morgan fingerprint density at radius 1 is 1.28 bits per heavy atom. The van der Waals surface area contributed by atoms with Crippen LogP contribution in [-0.2, 0) is 16.9 Å². The number of hydrogen-bond donors (Lipinski definition) is 2. The van der Waals surface area contributed by atoms with Crippen molar-refractivity contribution in [3.05, 3.63) is 75.9 Å². The van der Waals surface area contributed by atoms with Gasteiger partial charge in [-0.3, -0.25) is 20.0 Å². The van der Waals surface area contributed by atoms with Gasteiger partial charge in [-0.1, -0.05) is 17.7 Å². The first-order valence-electron chi connectivity index (χ1n) is 12.8. The third-order valence-corrected chi connectivity index (χ3v) is 7.99. The highest BCUT2D eigenvalue weighted by molar-refractivity contribution is 6.31. The number of nitrogens with one attached hydrogen (secondary N) is 2. The van der Waals surface area contributed by atoms with Crippen LogP contribution in [0.15, 0.2) is 42.7 Å². The number of aromatic nitrogens is 3. The highest BCUT2D eigenvalue weighted by Crippen LogP contribution is 2.46. The summed E-state index contributed by atoms with van der Waals surface area (Å²) in [6.07, 6.45) is 5.11. The quantitative estimate of drug-likeness (QED) is 0.489. The minimum atomic E-state index is -1.24. The molecule has 0 radical (unpaired) electrons. The van der Waals surface area contributed by atoms with Gasteiger partial charge in [0.2, 0.25) is 0 Å². The van der Waals surface area contributed by atoms with Gasteiger partial charge in [-0.25, -0.2) is 9.18 Å². The summed E-state index contributed by atoms with van der Waals surface area (Å²) in [6, 6.07) is 8.93. The van der Waals surface area contributed by atoms with Crippen LogP contribution in [0.25, 0.3) is 0 Å². The first kappa shape index (κ1) is 25.4. The number of rotatable bonds is 5. The van der Waals surface area contributed by atoms with Crippen molar-refractivity contribution in [2.75, 3.05) is 36.9 Å². The van der Waals surface area contributed by atoms with Crippen molar-refractivity contribution >= 4 is 35.1 Å². The van der Waals surface area contributed by atoms with E-state index in [9.17, 15) is 9.59 Å². The fourth-order valence-electron chi connectivity index (χ4n) is 5.67. The van der Waals surface area contributed by atoms with E-state index in [1.165, 1.54) is 18.7 Å². The van der Waals surface area contributed by atoms with E-state index >= 15 is 4.39 Å². The molecule has 6 rings (SSSR count). The largest absolute Gasteiger partial charge is 0.436 e. The molecule has 1 aromatic carbocycles. The number of carbonyl (C=O) groups excluding carboxylic acids is 2. The average Bonchev–Trinajstić information content (AvgIpc) is 3.56. The zero-order chi connectivity index (χ0) is 27.1. The number of fused-ring (bicyclic) bond motifs is 2. The van der Waals surface area contributed by atoms with Gasteiger partial charge in [0.1, 0.15) is 0 Å². The fourth-order valence-corrected chi connectivity index (χ4v) is 5.83. The van der Waals surface area contributed by atoms with Crippen LogP contribution in [0.2, 0.25) is 5.02 Å². The number of likely N-dealkylation sites (tertiary alicyclic amines) is 1. The van der Waals surface area contributed by atoms with Crippen LogP contribution in [-0.4, -0.2) is 58.8 Å². The van der Waals surface area contributed by atoms with E-state index in [1.54, 1.807) is 18.3 Å². The molecule has 2 saturated heterocycles. The van der Waals surface area contributed by atoms with Crippen molar-refractivity contribution in [1.29, 1.82) is 0 Å². The van der Waals surface area contributed by atoms with Crippen LogP contribution in [0.3, 0.4) is 0 Å². The lowest BCUT2D eigenvalue weighted by atomic mass is 9.89. The summed E-state index contributed by atoms with van der Waals surface area (Å²) in [6.45, 7) is 1.94. The number of pyridine rings is 1. The molecule has 3 aliphatic heterocycles. The highest BCUT2D eigenvalue weighted by Gasteiger charge is 2.50. The lowest BCUT2D eigenvalue weighted by molar-refractivity contribution is 0.0263. The van der Waals surface area contributed by atoms with Gasteiger partial charge in [-0.2, -0.15) is 5.10 Å². The number of ether oxygens (including phenoxy) is 1. The van der Waals surface area contributed by atoms with Crippen LogP contribution < -0.4 is 15.5 Å². The zero-order valence-corrected chi connectivity index (χ0v) is 22.0. The molecule has 39 heavy (non-hydrogen) atoms. The maximum atomic E-state index is 15.1. The van der Waals surface area contributed by atoms with Crippen LogP contribution in [0.1, 0.15) is 52.5 Å². The number of benzene rings is 1. The summed E-state index contributed by atoms with van der Waals surface area (Å²) in [5, 5.41) is 13.6. The Labute approximate surface area is 229 Å². The average molecular weight is 552 g/mol. The van der Waals surface area contributed by atoms with E-state index in [1.807, 2.05) is 17.0 Å². The maximum absolute atomic E-state index is 15.1. The molecule has 2 fully saturated rings. The normalized spacial score (nSPS) is 22.5. The predicted octanol–water partition coefficient (Wildman–Crippen LogP) is 4.03. The molecular weight excluding hydrogens is 525 g/mol. The van der Waals surface area contributed by atoms with E-state index in [4.69, 9.17) is 16.3 Å². The van der Waals surface area contributed by atoms with E-state index in [0.29, 0.717) is 42.6 Å². The first-order valence-corrected chi connectivity index (χ1v) is 13.2. The van der Waals surface area contributed by atoms with Crippen molar-refractivity contribution in [2.24, 2.45) is 0 Å². The van der Waals surface area contributed by atoms with Crippen molar-refractivity contribution in [3.8, 4) is 0 Å². The van der Waals surface area contributed by atoms with Crippen molar-refractivity contribution in [1.82, 2.24) is 25.4 Å². The standard InChI is InChI=1S/C27H27ClFN7O3/c1-35-9-2-3-21(35)19-6-4-16(12-30-19)13-31-25(37)17-11-22(34-32-14-17)36-10-8-27(15-36)23-20(33-26(38)39-27)7-5-18(28)24(23)29/h4-7,11-12,14,21H,2-3,8-10,13,15H2,1H3,(H,31,37)(H,33,38)/t21?,27-/m1/s1. The molecule has 12 heteroatoms. The molecular formula is C27H27ClFN7O3. The monoisotopic (exact) mass is 551 g/mol. The van der Waals surface area contributed by atoms with Gasteiger partial charge < -0.3 is 15.0 Å². The van der Waals surface area contributed by atoms with Crippen LogP contribution in [0, 0.1) is 5.82 Å². The molecule has 0 saturated carbocycles. The van der Waals surface area contributed by atoms with Crippen LogP contribution >= 0.6 is 11.6 Å². The molecule has 0 bridgehead atoms. The second-order valence-electron chi connectivity index (χ2n) is 10.2. The lowest BCUT2D eigenvalue weighted by Crippen LogP contribution is -2.42. The Kier molecular flexibility index (Phi) is 6.56. The number of anilines is 2. The summed E-state index contributed by atoms with van der Waals surface area (Å²) < 4.78 is 20.7. The van der Waals surface area contributed by atoms with Gasteiger partial charge in [0.05, 0.1) is 46.3 Å². The molecule has 202 valence electrons. The lowest BCUT2D eigenvalue weighted by Gasteiger charge is -2.35. The molecule has 5 heterocycles. The highest BCUT2D eigenvalue weighted by atomic mass is 35.5. The van der Waals surface area contributed by atoms with Gasteiger partial charge in [0.25, 0.3) is 5.91 Å². The van der Waals surface area contributed by atoms with Crippen molar-refractivity contribution in [3.63, 3.8) is 0 Å². The van der Waals surface area contributed by atoms with E-state index in [-0.39, 0.29) is 23.0 Å². The minimum absolute atomic E-state index is 0.0551. The number of nitrogens with zero attached hydrogens (tertiary/aromatic N) is 5. The molecule has 1 spiro atoms. The molecule has 3 aromatic rings. The first-order chi connectivity index (χ1) is 18.8. The Balaban J connectivity index is 1.14. The molecule has 10 nitrogen and oxygen atoms in total. The molecule has 2 atom stereocenters. The molecule has 2 aromatic heterocycles. The van der Waals surface area contributed by atoms with Gasteiger partial charge in [-0.15, -0.1) is 5.10 Å². The van der Waals surface area contributed by atoms with Crippen molar-refractivity contribution in [2.45, 2.75) is 37.5 Å². The van der Waals surface area contributed by atoms with Crippen molar-refractivity contribution < 1.29 is 18.7 Å². The Morgan fingerprint density at radius 3 is 2.92 bits per heavy atom.